The summed E-state index contributed by atoms with van der Waals surface area (Å²) in [6.07, 6.45) is 3.18. The van der Waals surface area contributed by atoms with Gasteiger partial charge in [-0.3, -0.25) is 4.68 Å². The summed E-state index contributed by atoms with van der Waals surface area (Å²) in [4.78, 5) is 2.36. The lowest BCUT2D eigenvalue weighted by Gasteiger charge is -2.41. The number of nitrogen functional groups attached to an aromatic ring is 1. The predicted octanol–water partition coefficient (Wildman–Crippen LogP) is 1.87. The zero-order chi connectivity index (χ0) is 11.9. The SMILES string of the molecule is CC1CC(C)C(C)N(c2nn(C)cc2N)C1. The first-order chi connectivity index (χ1) is 7.49. The highest BCUT2D eigenvalue weighted by molar-refractivity contribution is 5.62. The first kappa shape index (κ1) is 11.3. The van der Waals surface area contributed by atoms with E-state index in [9.17, 15) is 0 Å². The third-order valence-electron chi connectivity index (χ3n) is 3.71. The Bertz CT molecular complexity index is 371. The van der Waals surface area contributed by atoms with Gasteiger partial charge in [0, 0.05) is 25.8 Å². The van der Waals surface area contributed by atoms with Gasteiger partial charge >= 0.3 is 0 Å². The summed E-state index contributed by atoms with van der Waals surface area (Å²) in [6, 6.07) is 0.522. The molecule has 1 saturated heterocycles. The number of hydrogen-bond donors (Lipinski definition) is 1. The van der Waals surface area contributed by atoms with Gasteiger partial charge in [0.1, 0.15) is 0 Å². The highest BCUT2D eigenvalue weighted by Crippen LogP contribution is 2.32. The number of nitrogens with zero attached hydrogens (tertiary/aromatic N) is 3. The molecule has 2 heterocycles. The van der Waals surface area contributed by atoms with Crippen LogP contribution < -0.4 is 10.6 Å². The molecule has 2 N–H and O–H groups in total. The van der Waals surface area contributed by atoms with Crippen molar-refractivity contribution in [1.82, 2.24) is 9.78 Å². The summed E-state index contributed by atoms with van der Waals surface area (Å²) in [7, 11) is 1.92. The number of hydrogen-bond acceptors (Lipinski definition) is 3. The lowest BCUT2D eigenvalue weighted by atomic mass is 9.86. The number of aryl methyl sites for hydroxylation is 1. The molecule has 1 aliphatic rings. The van der Waals surface area contributed by atoms with E-state index in [2.05, 4.69) is 30.8 Å². The minimum Gasteiger partial charge on any atom is -0.394 e. The van der Waals surface area contributed by atoms with E-state index < -0.39 is 0 Å². The smallest absolute Gasteiger partial charge is 0.174 e. The van der Waals surface area contributed by atoms with E-state index in [-0.39, 0.29) is 0 Å². The second-order valence-corrected chi connectivity index (χ2v) is 5.29. The molecule has 0 radical (unpaired) electrons. The summed E-state index contributed by atoms with van der Waals surface area (Å²) in [6.45, 7) is 7.94. The van der Waals surface area contributed by atoms with Crippen LogP contribution in [-0.4, -0.2) is 22.4 Å². The van der Waals surface area contributed by atoms with Crippen molar-refractivity contribution in [2.45, 2.75) is 33.2 Å². The van der Waals surface area contributed by atoms with Crippen molar-refractivity contribution in [3.05, 3.63) is 6.20 Å². The second-order valence-electron chi connectivity index (χ2n) is 5.29. The van der Waals surface area contributed by atoms with Gasteiger partial charge in [-0.05, 0) is 25.2 Å². The van der Waals surface area contributed by atoms with Gasteiger partial charge in [0.15, 0.2) is 5.82 Å². The molecule has 1 aromatic rings. The molecular weight excluding hydrogens is 200 g/mol. The summed E-state index contributed by atoms with van der Waals surface area (Å²) < 4.78 is 1.79. The Morgan fingerprint density at radius 3 is 2.62 bits per heavy atom. The van der Waals surface area contributed by atoms with E-state index in [0.29, 0.717) is 17.9 Å². The maximum absolute atomic E-state index is 6.00. The maximum atomic E-state index is 6.00. The normalized spacial score (nSPS) is 30.8. The predicted molar refractivity (Wildman–Crippen MR) is 67.4 cm³/mol. The molecule has 3 unspecified atom stereocenters. The van der Waals surface area contributed by atoms with E-state index >= 15 is 0 Å². The molecule has 0 saturated carbocycles. The Morgan fingerprint density at radius 1 is 1.38 bits per heavy atom. The molecule has 0 spiro atoms. The summed E-state index contributed by atoms with van der Waals surface area (Å²) in [5.74, 6) is 2.37. The fourth-order valence-corrected chi connectivity index (χ4v) is 2.71. The van der Waals surface area contributed by atoms with Gasteiger partial charge < -0.3 is 10.6 Å². The maximum Gasteiger partial charge on any atom is 0.174 e. The van der Waals surface area contributed by atoms with Crippen LogP contribution in [0.3, 0.4) is 0 Å². The van der Waals surface area contributed by atoms with Crippen molar-refractivity contribution in [3.63, 3.8) is 0 Å². The third-order valence-corrected chi connectivity index (χ3v) is 3.71. The van der Waals surface area contributed by atoms with E-state index in [1.807, 2.05) is 13.2 Å². The molecule has 2 rings (SSSR count). The van der Waals surface area contributed by atoms with Crippen molar-refractivity contribution in [1.29, 1.82) is 0 Å². The van der Waals surface area contributed by atoms with Gasteiger partial charge in [-0.15, -0.1) is 0 Å². The van der Waals surface area contributed by atoms with Gasteiger partial charge in [0.25, 0.3) is 0 Å². The minimum atomic E-state index is 0.522. The van der Waals surface area contributed by atoms with E-state index in [0.717, 1.165) is 18.1 Å². The van der Waals surface area contributed by atoms with Gasteiger partial charge in [-0.2, -0.15) is 5.10 Å². The Balaban J connectivity index is 2.28. The monoisotopic (exact) mass is 222 g/mol. The van der Waals surface area contributed by atoms with Crippen LogP contribution in [0.15, 0.2) is 6.20 Å². The van der Waals surface area contributed by atoms with Crippen molar-refractivity contribution in [2.24, 2.45) is 18.9 Å². The zero-order valence-electron chi connectivity index (χ0n) is 10.6. The Hall–Kier alpha value is -1.19. The number of aromatic nitrogens is 2. The number of nitrogens with two attached hydrogens (primary N) is 1. The highest BCUT2D eigenvalue weighted by atomic mass is 15.4. The Labute approximate surface area is 97.4 Å². The first-order valence-corrected chi connectivity index (χ1v) is 6.04. The molecule has 1 aliphatic heterocycles. The summed E-state index contributed by atoms with van der Waals surface area (Å²) in [5, 5.41) is 4.47. The van der Waals surface area contributed by atoms with Gasteiger partial charge in [-0.25, -0.2) is 0 Å². The Kier molecular flexibility index (Phi) is 2.82. The molecule has 90 valence electrons. The molecule has 1 aromatic heterocycles. The van der Waals surface area contributed by atoms with Crippen molar-refractivity contribution >= 4 is 11.5 Å². The zero-order valence-corrected chi connectivity index (χ0v) is 10.6. The lowest BCUT2D eigenvalue weighted by Crippen LogP contribution is -2.46. The summed E-state index contributed by atoms with van der Waals surface area (Å²) in [5.41, 5.74) is 6.79. The van der Waals surface area contributed by atoms with Gasteiger partial charge in [-0.1, -0.05) is 13.8 Å². The van der Waals surface area contributed by atoms with Crippen LogP contribution in [-0.2, 0) is 7.05 Å². The molecule has 16 heavy (non-hydrogen) atoms. The molecular formula is C12H22N4. The largest absolute Gasteiger partial charge is 0.394 e. The average Bonchev–Trinajstić information content (AvgIpc) is 2.51. The highest BCUT2D eigenvalue weighted by Gasteiger charge is 2.31. The van der Waals surface area contributed by atoms with E-state index in [1.165, 1.54) is 6.42 Å². The molecule has 4 heteroatoms. The van der Waals surface area contributed by atoms with Gasteiger partial charge in [0.2, 0.25) is 0 Å². The molecule has 0 aromatic carbocycles. The quantitative estimate of drug-likeness (QED) is 0.789. The van der Waals surface area contributed by atoms with E-state index in [4.69, 9.17) is 5.73 Å². The average molecular weight is 222 g/mol. The Morgan fingerprint density at radius 2 is 2.06 bits per heavy atom. The standard InChI is InChI=1S/C12H22N4/c1-8-5-9(2)10(3)16(6-8)12-11(13)7-15(4)14-12/h7-10H,5-6,13H2,1-4H3. The fraction of sp³-hybridized carbons (Fsp3) is 0.750. The minimum absolute atomic E-state index is 0.522. The lowest BCUT2D eigenvalue weighted by molar-refractivity contribution is 0.295. The van der Waals surface area contributed by atoms with Crippen LogP contribution in [0.1, 0.15) is 27.2 Å². The topological polar surface area (TPSA) is 47.1 Å². The third kappa shape index (κ3) is 1.88. The second kappa shape index (κ2) is 4.00. The molecule has 0 amide bonds. The molecule has 4 nitrogen and oxygen atoms in total. The number of rotatable bonds is 1. The van der Waals surface area contributed by atoms with Crippen LogP contribution in [0.4, 0.5) is 11.5 Å². The van der Waals surface area contributed by atoms with Crippen LogP contribution in [0.5, 0.6) is 0 Å². The molecule has 1 fully saturated rings. The van der Waals surface area contributed by atoms with Crippen molar-refractivity contribution < 1.29 is 0 Å². The van der Waals surface area contributed by atoms with Crippen LogP contribution in [0, 0.1) is 11.8 Å². The fourth-order valence-electron chi connectivity index (χ4n) is 2.71. The van der Waals surface area contributed by atoms with Crippen LogP contribution in [0.2, 0.25) is 0 Å². The van der Waals surface area contributed by atoms with Gasteiger partial charge in [0.05, 0.1) is 5.69 Å². The number of anilines is 2. The molecule has 3 atom stereocenters. The van der Waals surface area contributed by atoms with Crippen molar-refractivity contribution in [2.75, 3.05) is 17.2 Å². The molecule has 0 aliphatic carbocycles. The van der Waals surface area contributed by atoms with E-state index in [1.54, 1.807) is 4.68 Å². The number of piperidine rings is 1. The molecule has 0 bridgehead atoms. The first-order valence-electron chi connectivity index (χ1n) is 6.04. The van der Waals surface area contributed by atoms with Crippen LogP contribution in [0.25, 0.3) is 0 Å². The van der Waals surface area contributed by atoms with Crippen LogP contribution >= 0.6 is 0 Å². The van der Waals surface area contributed by atoms with Crippen molar-refractivity contribution in [3.8, 4) is 0 Å². The summed E-state index contributed by atoms with van der Waals surface area (Å²) >= 11 is 0.